The van der Waals surface area contributed by atoms with Gasteiger partial charge in [-0.1, -0.05) is 60.1 Å². The molecule has 5 heteroatoms. The molecular weight excluding hydrogens is 370 g/mol. The Kier molecular flexibility index (Phi) is 6.30. The molecule has 2 aromatic carbocycles. The van der Waals surface area contributed by atoms with Crippen molar-refractivity contribution in [3.05, 3.63) is 70.7 Å². The molecule has 2 saturated heterocycles. The van der Waals surface area contributed by atoms with Crippen molar-refractivity contribution in [1.82, 2.24) is 15.1 Å². The molecule has 28 heavy (non-hydrogen) atoms. The van der Waals surface area contributed by atoms with E-state index in [1.54, 1.807) is 0 Å². The predicted octanol–water partition coefficient (Wildman–Crippen LogP) is 3.73. The van der Waals surface area contributed by atoms with E-state index in [4.69, 9.17) is 11.6 Å². The fraction of sp³-hybridized carbons (Fsp3) is 0.435. The second kappa shape index (κ2) is 9.08. The summed E-state index contributed by atoms with van der Waals surface area (Å²) in [4.78, 5) is 17.9. The smallest absolute Gasteiger partial charge is 0.226 e. The number of hydrogen-bond donors (Lipinski definition) is 1. The SMILES string of the molecule is O=C(C1CCN(Cc2ccccc2)CC1)N1CCNCC1c1ccccc1Cl. The first-order valence-electron chi connectivity index (χ1n) is 10.2. The highest BCUT2D eigenvalue weighted by molar-refractivity contribution is 6.31. The maximum atomic E-state index is 13.3. The molecule has 4 rings (SSSR count). The van der Waals surface area contributed by atoms with Crippen LogP contribution in [0.2, 0.25) is 5.02 Å². The van der Waals surface area contributed by atoms with Crippen LogP contribution in [0.4, 0.5) is 0 Å². The van der Waals surface area contributed by atoms with E-state index in [-0.39, 0.29) is 12.0 Å². The Morgan fingerprint density at radius 1 is 1.00 bits per heavy atom. The summed E-state index contributed by atoms with van der Waals surface area (Å²) in [6, 6.07) is 18.5. The first-order valence-corrected chi connectivity index (χ1v) is 10.6. The lowest BCUT2D eigenvalue weighted by atomic mass is 9.93. The summed E-state index contributed by atoms with van der Waals surface area (Å²) in [5.74, 6) is 0.417. The van der Waals surface area contributed by atoms with Crippen LogP contribution in [0, 0.1) is 5.92 Å². The van der Waals surface area contributed by atoms with Crippen LogP contribution in [0.15, 0.2) is 54.6 Å². The summed E-state index contributed by atoms with van der Waals surface area (Å²) in [5, 5.41) is 4.16. The second-order valence-electron chi connectivity index (χ2n) is 7.81. The third kappa shape index (κ3) is 4.40. The molecule has 1 atom stereocenters. The topological polar surface area (TPSA) is 35.6 Å². The molecular formula is C23H28ClN3O. The molecule has 2 heterocycles. The Morgan fingerprint density at radius 3 is 2.46 bits per heavy atom. The van der Waals surface area contributed by atoms with E-state index in [1.807, 2.05) is 24.3 Å². The quantitative estimate of drug-likeness (QED) is 0.853. The van der Waals surface area contributed by atoms with Crippen LogP contribution in [-0.2, 0) is 11.3 Å². The van der Waals surface area contributed by atoms with E-state index in [1.165, 1.54) is 5.56 Å². The molecule has 148 valence electrons. The van der Waals surface area contributed by atoms with Gasteiger partial charge in [-0.05, 0) is 43.1 Å². The lowest BCUT2D eigenvalue weighted by Gasteiger charge is -2.40. The van der Waals surface area contributed by atoms with Crippen LogP contribution >= 0.6 is 11.6 Å². The average Bonchev–Trinajstić information content (AvgIpc) is 2.75. The number of nitrogens with zero attached hydrogens (tertiary/aromatic N) is 2. The van der Waals surface area contributed by atoms with Crippen LogP contribution in [0.5, 0.6) is 0 Å². The number of nitrogens with one attached hydrogen (secondary N) is 1. The number of rotatable bonds is 4. The van der Waals surface area contributed by atoms with E-state index in [2.05, 4.69) is 45.4 Å². The summed E-state index contributed by atoms with van der Waals surface area (Å²) in [6.07, 6.45) is 1.87. The number of carbonyl (C=O) groups excluding carboxylic acids is 1. The summed E-state index contributed by atoms with van der Waals surface area (Å²) < 4.78 is 0. The van der Waals surface area contributed by atoms with Gasteiger partial charge < -0.3 is 10.2 Å². The van der Waals surface area contributed by atoms with Crippen molar-refractivity contribution in [3.8, 4) is 0 Å². The van der Waals surface area contributed by atoms with Gasteiger partial charge in [0.2, 0.25) is 5.91 Å². The number of halogens is 1. The molecule has 4 nitrogen and oxygen atoms in total. The van der Waals surface area contributed by atoms with Crippen molar-refractivity contribution in [2.45, 2.75) is 25.4 Å². The van der Waals surface area contributed by atoms with E-state index in [0.29, 0.717) is 5.91 Å². The minimum Gasteiger partial charge on any atom is -0.333 e. The number of amides is 1. The molecule has 0 aliphatic carbocycles. The fourth-order valence-corrected chi connectivity index (χ4v) is 4.67. The van der Waals surface area contributed by atoms with E-state index in [9.17, 15) is 4.79 Å². The molecule has 1 amide bonds. The second-order valence-corrected chi connectivity index (χ2v) is 8.22. The van der Waals surface area contributed by atoms with Gasteiger partial charge in [0.25, 0.3) is 0 Å². The minimum atomic E-state index is 0.0253. The van der Waals surface area contributed by atoms with E-state index >= 15 is 0 Å². The van der Waals surface area contributed by atoms with Gasteiger partial charge in [-0.2, -0.15) is 0 Å². The number of benzene rings is 2. The summed E-state index contributed by atoms with van der Waals surface area (Å²) in [6.45, 7) is 5.29. The van der Waals surface area contributed by atoms with Crippen LogP contribution in [0.25, 0.3) is 0 Å². The number of piperidine rings is 1. The van der Waals surface area contributed by atoms with Crippen LogP contribution in [0.3, 0.4) is 0 Å². The van der Waals surface area contributed by atoms with Crippen molar-refractivity contribution in [3.63, 3.8) is 0 Å². The molecule has 0 aromatic heterocycles. The van der Waals surface area contributed by atoms with Crippen LogP contribution in [0.1, 0.15) is 30.0 Å². The normalized spacial score (nSPS) is 21.6. The van der Waals surface area contributed by atoms with Gasteiger partial charge in [0, 0.05) is 37.1 Å². The molecule has 2 aromatic rings. The molecule has 2 fully saturated rings. The highest BCUT2D eigenvalue weighted by Gasteiger charge is 2.34. The van der Waals surface area contributed by atoms with Gasteiger partial charge in [0.1, 0.15) is 0 Å². The number of carbonyl (C=O) groups is 1. The van der Waals surface area contributed by atoms with E-state index in [0.717, 1.165) is 62.7 Å². The van der Waals surface area contributed by atoms with Crippen LogP contribution in [-0.4, -0.2) is 48.4 Å². The van der Waals surface area contributed by atoms with Crippen molar-refractivity contribution < 1.29 is 4.79 Å². The lowest BCUT2D eigenvalue weighted by Crippen LogP contribution is -2.51. The maximum Gasteiger partial charge on any atom is 0.226 e. The maximum absolute atomic E-state index is 13.3. The molecule has 1 N–H and O–H groups in total. The highest BCUT2D eigenvalue weighted by atomic mass is 35.5. The molecule has 0 bridgehead atoms. The van der Waals surface area contributed by atoms with Crippen LogP contribution < -0.4 is 5.32 Å². The zero-order valence-electron chi connectivity index (χ0n) is 16.2. The zero-order valence-corrected chi connectivity index (χ0v) is 16.9. The third-order valence-corrected chi connectivity index (χ3v) is 6.32. The molecule has 0 saturated carbocycles. The largest absolute Gasteiger partial charge is 0.333 e. The standard InChI is InChI=1S/C23H28ClN3O/c24-21-9-5-4-8-20(21)22-16-25-12-15-27(22)23(28)19-10-13-26(14-11-19)17-18-6-2-1-3-7-18/h1-9,19,22,25H,10-17H2. The summed E-state index contributed by atoms with van der Waals surface area (Å²) in [5.41, 5.74) is 2.39. The molecule has 2 aliphatic heterocycles. The Labute approximate surface area is 172 Å². The Morgan fingerprint density at radius 2 is 1.71 bits per heavy atom. The first kappa shape index (κ1) is 19.4. The fourth-order valence-electron chi connectivity index (χ4n) is 4.41. The van der Waals surface area contributed by atoms with Crippen molar-refractivity contribution >= 4 is 17.5 Å². The van der Waals surface area contributed by atoms with Gasteiger partial charge in [-0.15, -0.1) is 0 Å². The summed E-state index contributed by atoms with van der Waals surface area (Å²) >= 11 is 6.44. The van der Waals surface area contributed by atoms with Gasteiger partial charge in [-0.25, -0.2) is 0 Å². The van der Waals surface area contributed by atoms with Gasteiger partial charge in [0.05, 0.1) is 6.04 Å². The van der Waals surface area contributed by atoms with Crippen molar-refractivity contribution in [2.75, 3.05) is 32.7 Å². The first-order chi connectivity index (χ1) is 13.7. The molecule has 1 unspecified atom stereocenters. The van der Waals surface area contributed by atoms with Crippen molar-refractivity contribution in [2.24, 2.45) is 5.92 Å². The number of piperazine rings is 1. The number of likely N-dealkylation sites (tertiary alicyclic amines) is 1. The number of hydrogen-bond acceptors (Lipinski definition) is 3. The Hall–Kier alpha value is -1.88. The van der Waals surface area contributed by atoms with Crippen molar-refractivity contribution in [1.29, 1.82) is 0 Å². The minimum absolute atomic E-state index is 0.0253. The molecule has 0 radical (unpaired) electrons. The third-order valence-electron chi connectivity index (χ3n) is 5.98. The Bertz CT molecular complexity index is 789. The molecule has 0 spiro atoms. The Balaban J connectivity index is 1.39. The zero-order chi connectivity index (χ0) is 19.3. The predicted molar refractivity (Wildman–Crippen MR) is 113 cm³/mol. The lowest BCUT2D eigenvalue weighted by molar-refractivity contribution is -0.140. The van der Waals surface area contributed by atoms with Gasteiger partial charge >= 0.3 is 0 Å². The van der Waals surface area contributed by atoms with Gasteiger partial charge in [0.15, 0.2) is 0 Å². The average molecular weight is 398 g/mol. The van der Waals surface area contributed by atoms with Gasteiger partial charge in [-0.3, -0.25) is 9.69 Å². The monoisotopic (exact) mass is 397 g/mol. The highest BCUT2D eigenvalue weighted by Crippen LogP contribution is 2.31. The summed E-state index contributed by atoms with van der Waals surface area (Å²) in [7, 11) is 0. The van der Waals surface area contributed by atoms with E-state index < -0.39 is 0 Å². The molecule has 2 aliphatic rings.